The molecule has 0 aliphatic carbocycles. The van der Waals surface area contributed by atoms with Crippen molar-refractivity contribution in [3.05, 3.63) is 33.6 Å². The van der Waals surface area contributed by atoms with Crippen LogP contribution in [-0.4, -0.2) is 47.2 Å². The molecule has 0 N–H and O–H groups in total. The van der Waals surface area contributed by atoms with Gasteiger partial charge in [0.15, 0.2) is 9.84 Å². The van der Waals surface area contributed by atoms with E-state index in [0.29, 0.717) is 24.9 Å². The Hall–Kier alpha value is -1.03. The minimum absolute atomic E-state index is 0.00266. The van der Waals surface area contributed by atoms with Gasteiger partial charge in [0.1, 0.15) is 0 Å². The van der Waals surface area contributed by atoms with Crippen molar-refractivity contribution < 1.29 is 12.8 Å². The largest absolute Gasteiger partial charge is 0.409 e. The summed E-state index contributed by atoms with van der Waals surface area (Å²) in [5.41, 5.74) is 0.844. The Balaban J connectivity index is 1.82. The van der Waals surface area contributed by atoms with Crippen LogP contribution in [0.1, 0.15) is 20.3 Å². The number of aromatic nitrogens is 2. The quantitative estimate of drug-likeness (QED) is 0.612. The standard InChI is InChI=1S/C17H22BrN3O3S2/c1-12(2)9-20(15-7-8-26(22,23)10-15)11-21-17(25)24-16(19-21)13-3-5-14(18)6-4-13/h3-6,12,15H,7-11H2,1-2H3. The lowest BCUT2D eigenvalue weighted by Crippen LogP contribution is -2.40. The number of hydrogen-bond donors (Lipinski definition) is 0. The second-order valence-corrected chi connectivity index (χ2v) is 10.5. The fraction of sp³-hybridized carbons (Fsp3) is 0.529. The van der Waals surface area contributed by atoms with Crippen molar-refractivity contribution in [2.45, 2.75) is 33.0 Å². The van der Waals surface area contributed by atoms with Crippen LogP contribution in [0.4, 0.5) is 0 Å². The highest BCUT2D eigenvalue weighted by Gasteiger charge is 2.33. The number of benzene rings is 1. The van der Waals surface area contributed by atoms with Gasteiger partial charge in [0.25, 0.3) is 4.84 Å². The van der Waals surface area contributed by atoms with Crippen LogP contribution in [0.2, 0.25) is 0 Å². The van der Waals surface area contributed by atoms with Crippen LogP contribution in [0.15, 0.2) is 33.2 Å². The highest BCUT2D eigenvalue weighted by Crippen LogP contribution is 2.23. The molecule has 0 saturated carbocycles. The Labute approximate surface area is 167 Å². The van der Waals surface area contributed by atoms with Crippen molar-refractivity contribution in [2.75, 3.05) is 18.1 Å². The van der Waals surface area contributed by atoms with Gasteiger partial charge in [-0.1, -0.05) is 29.8 Å². The predicted octanol–water partition coefficient (Wildman–Crippen LogP) is 3.74. The van der Waals surface area contributed by atoms with E-state index < -0.39 is 9.84 Å². The van der Waals surface area contributed by atoms with E-state index in [-0.39, 0.29) is 22.4 Å². The molecular weight excluding hydrogens is 438 g/mol. The summed E-state index contributed by atoms with van der Waals surface area (Å²) in [6.45, 7) is 5.44. The average molecular weight is 460 g/mol. The Morgan fingerprint density at radius 1 is 1.38 bits per heavy atom. The predicted molar refractivity (Wildman–Crippen MR) is 107 cm³/mol. The van der Waals surface area contributed by atoms with Crippen molar-refractivity contribution in [2.24, 2.45) is 5.92 Å². The molecule has 26 heavy (non-hydrogen) atoms. The van der Waals surface area contributed by atoms with Crippen molar-refractivity contribution in [1.82, 2.24) is 14.7 Å². The van der Waals surface area contributed by atoms with Crippen LogP contribution < -0.4 is 0 Å². The summed E-state index contributed by atoms with van der Waals surface area (Å²) in [5, 5.41) is 4.50. The number of sulfone groups is 1. The van der Waals surface area contributed by atoms with Gasteiger partial charge in [-0.3, -0.25) is 4.90 Å². The maximum absolute atomic E-state index is 11.9. The molecule has 1 aliphatic heterocycles. The van der Waals surface area contributed by atoms with Gasteiger partial charge in [-0.25, -0.2) is 13.1 Å². The summed E-state index contributed by atoms with van der Waals surface area (Å²) in [6, 6.07) is 7.65. The Morgan fingerprint density at radius 2 is 2.08 bits per heavy atom. The molecule has 1 atom stereocenters. The molecule has 142 valence electrons. The zero-order valence-electron chi connectivity index (χ0n) is 14.8. The lowest BCUT2D eigenvalue weighted by Gasteiger charge is -2.29. The molecule has 1 fully saturated rings. The van der Waals surface area contributed by atoms with Crippen LogP contribution in [0.25, 0.3) is 11.5 Å². The normalized spacial score (nSPS) is 19.5. The summed E-state index contributed by atoms with van der Waals surface area (Å²) in [4.78, 5) is 2.44. The zero-order valence-corrected chi connectivity index (χ0v) is 18.0. The van der Waals surface area contributed by atoms with Crippen LogP contribution in [-0.2, 0) is 16.5 Å². The van der Waals surface area contributed by atoms with Gasteiger partial charge in [0.2, 0.25) is 5.89 Å². The molecule has 1 aliphatic rings. The molecule has 9 heteroatoms. The monoisotopic (exact) mass is 459 g/mol. The topological polar surface area (TPSA) is 68.3 Å². The second kappa shape index (κ2) is 7.92. The lowest BCUT2D eigenvalue weighted by atomic mass is 10.1. The first-order valence-corrected chi connectivity index (χ1v) is 11.5. The maximum atomic E-state index is 11.9. The molecular formula is C17H22BrN3O3S2. The van der Waals surface area contributed by atoms with Gasteiger partial charge in [-0.15, -0.1) is 5.10 Å². The number of halogens is 1. The van der Waals surface area contributed by atoms with Crippen LogP contribution in [0.5, 0.6) is 0 Å². The van der Waals surface area contributed by atoms with Crippen LogP contribution >= 0.6 is 28.1 Å². The third-order valence-corrected chi connectivity index (χ3v) is 6.91. The maximum Gasteiger partial charge on any atom is 0.288 e. The summed E-state index contributed by atoms with van der Waals surface area (Å²) < 4.78 is 32.0. The van der Waals surface area contributed by atoms with Crippen molar-refractivity contribution >= 4 is 38.0 Å². The molecule has 1 saturated heterocycles. The molecule has 1 aromatic heterocycles. The first kappa shape index (κ1) is 19.7. The molecule has 2 aromatic rings. The van der Waals surface area contributed by atoms with Crippen LogP contribution in [0, 0.1) is 10.8 Å². The van der Waals surface area contributed by atoms with Gasteiger partial charge in [-0.2, -0.15) is 0 Å². The summed E-state index contributed by atoms with van der Waals surface area (Å²) in [7, 11) is -2.95. The van der Waals surface area contributed by atoms with Gasteiger partial charge < -0.3 is 4.42 Å². The third kappa shape index (κ3) is 4.82. The van der Waals surface area contributed by atoms with E-state index in [2.05, 4.69) is 39.8 Å². The summed E-state index contributed by atoms with van der Waals surface area (Å²) >= 11 is 8.74. The minimum Gasteiger partial charge on any atom is -0.409 e. The minimum atomic E-state index is -2.95. The molecule has 0 spiro atoms. The van der Waals surface area contributed by atoms with Crippen LogP contribution in [0.3, 0.4) is 0 Å². The van der Waals surface area contributed by atoms with E-state index in [0.717, 1.165) is 16.6 Å². The third-order valence-electron chi connectivity index (χ3n) is 4.34. The number of rotatable bonds is 6. The average Bonchev–Trinajstić information content (AvgIpc) is 3.10. The molecule has 0 bridgehead atoms. The van der Waals surface area contributed by atoms with E-state index in [9.17, 15) is 8.42 Å². The van der Waals surface area contributed by atoms with E-state index in [1.807, 2.05) is 24.3 Å². The Kier molecular flexibility index (Phi) is 6.01. The SMILES string of the molecule is CC(C)CN(Cn1nc(-c2ccc(Br)cc2)oc1=S)C1CCS(=O)(=O)C1. The molecule has 0 radical (unpaired) electrons. The Morgan fingerprint density at radius 3 is 2.65 bits per heavy atom. The van der Waals surface area contributed by atoms with E-state index >= 15 is 0 Å². The van der Waals surface area contributed by atoms with Crippen molar-refractivity contribution in [1.29, 1.82) is 0 Å². The molecule has 1 aromatic carbocycles. The van der Waals surface area contributed by atoms with Crippen molar-refractivity contribution in [3.8, 4) is 11.5 Å². The summed E-state index contributed by atoms with van der Waals surface area (Å²) in [5.74, 6) is 1.32. The van der Waals surface area contributed by atoms with Gasteiger partial charge in [0, 0.05) is 22.6 Å². The fourth-order valence-electron chi connectivity index (χ4n) is 3.13. The van der Waals surface area contributed by atoms with Gasteiger partial charge in [-0.05, 0) is 48.8 Å². The fourth-order valence-corrected chi connectivity index (χ4v) is 5.33. The lowest BCUT2D eigenvalue weighted by molar-refractivity contribution is 0.136. The highest BCUT2D eigenvalue weighted by molar-refractivity contribution is 9.10. The first-order valence-electron chi connectivity index (χ1n) is 8.52. The van der Waals surface area contributed by atoms with Gasteiger partial charge >= 0.3 is 0 Å². The van der Waals surface area contributed by atoms with E-state index in [1.54, 1.807) is 4.68 Å². The van der Waals surface area contributed by atoms with E-state index in [4.69, 9.17) is 16.6 Å². The first-order chi connectivity index (χ1) is 12.2. The summed E-state index contributed by atoms with van der Waals surface area (Å²) in [6.07, 6.45) is 0.653. The molecule has 0 amide bonds. The zero-order chi connectivity index (χ0) is 18.9. The smallest absolute Gasteiger partial charge is 0.288 e. The van der Waals surface area contributed by atoms with Gasteiger partial charge in [0.05, 0.1) is 18.2 Å². The molecule has 6 nitrogen and oxygen atoms in total. The Bertz CT molecular complexity index is 919. The van der Waals surface area contributed by atoms with E-state index in [1.165, 1.54) is 0 Å². The molecule has 2 heterocycles. The number of nitrogens with zero attached hydrogens (tertiary/aromatic N) is 3. The highest BCUT2D eigenvalue weighted by atomic mass is 79.9. The molecule has 3 rings (SSSR count). The molecule has 1 unspecified atom stereocenters. The van der Waals surface area contributed by atoms with Crippen molar-refractivity contribution in [3.63, 3.8) is 0 Å². The number of hydrogen-bond acceptors (Lipinski definition) is 6. The second-order valence-electron chi connectivity index (χ2n) is 7.04.